The molecule has 146 valence electrons. The van der Waals surface area contributed by atoms with Crippen LogP contribution in [0.1, 0.15) is 6.42 Å². The van der Waals surface area contributed by atoms with Crippen LogP contribution in [0.4, 0.5) is 17.2 Å². The van der Waals surface area contributed by atoms with Gasteiger partial charge >= 0.3 is 0 Å². The van der Waals surface area contributed by atoms with E-state index < -0.39 is 0 Å². The highest BCUT2D eigenvalue weighted by atomic mass is 35.5. The van der Waals surface area contributed by atoms with Crippen LogP contribution in [0.2, 0.25) is 5.02 Å². The minimum atomic E-state index is 0.642. The third-order valence-electron chi connectivity index (χ3n) is 4.25. The molecule has 3 aromatic heterocycles. The smallest absolute Gasteiger partial charge is 0.149 e. The molecular weight excluding hydrogens is 386 g/mol. The molecule has 0 amide bonds. The van der Waals surface area contributed by atoms with E-state index >= 15 is 0 Å². The summed E-state index contributed by atoms with van der Waals surface area (Å²) in [6.07, 6.45) is 13.6. The van der Waals surface area contributed by atoms with E-state index in [4.69, 9.17) is 11.6 Å². The van der Waals surface area contributed by atoms with Gasteiger partial charge in [-0.05, 0) is 30.7 Å². The van der Waals surface area contributed by atoms with Crippen LogP contribution in [0.5, 0.6) is 0 Å². The van der Waals surface area contributed by atoms with E-state index in [1.54, 1.807) is 24.8 Å². The van der Waals surface area contributed by atoms with Crippen LogP contribution in [0.15, 0.2) is 73.8 Å². The number of hydrogen-bond acceptors (Lipinski definition) is 6. The first-order valence-corrected chi connectivity index (χ1v) is 9.64. The third kappa shape index (κ3) is 5.30. The number of benzene rings is 1. The number of imidazole rings is 1. The molecule has 0 radical (unpaired) electrons. The summed E-state index contributed by atoms with van der Waals surface area (Å²) < 4.78 is 2.06. The Labute approximate surface area is 173 Å². The summed E-state index contributed by atoms with van der Waals surface area (Å²) in [5, 5.41) is 7.29. The van der Waals surface area contributed by atoms with Gasteiger partial charge in [0.15, 0.2) is 0 Å². The van der Waals surface area contributed by atoms with Crippen molar-refractivity contribution in [1.29, 1.82) is 0 Å². The van der Waals surface area contributed by atoms with Gasteiger partial charge in [0.05, 0.1) is 30.1 Å². The Morgan fingerprint density at radius 3 is 2.76 bits per heavy atom. The molecule has 0 saturated carbocycles. The van der Waals surface area contributed by atoms with Gasteiger partial charge in [0, 0.05) is 54.2 Å². The van der Waals surface area contributed by atoms with Gasteiger partial charge < -0.3 is 15.2 Å². The van der Waals surface area contributed by atoms with Crippen LogP contribution < -0.4 is 10.6 Å². The van der Waals surface area contributed by atoms with Gasteiger partial charge in [0.25, 0.3) is 0 Å². The number of aromatic nitrogens is 5. The Balaban J connectivity index is 1.41. The average molecular weight is 406 g/mol. The Bertz CT molecular complexity index is 1070. The molecule has 0 unspecified atom stereocenters. The van der Waals surface area contributed by atoms with Crippen molar-refractivity contribution in [2.24, 2.45) is 0 Å². The Kier molecular flexibility index (Phi) is 5.97. The molecule has 29 heavy (non-hydrogen) atoms. The van der Waals surface area contributed by atoms with Gasteiger partial charge in [-0.3, -0.25) is 9.97 Å². The summed E-state index contributed by atoms with van der Waals surface area (Å²) in [5.41, 5.74) is 3.44. The molecule has 1 aromatic carbocycles. The Hall–Kier alpha value is -3.45. The minimum Gasteiger partial charge on any atom is -0.384 e. The molecule has 0 atom stereocenters. The fraction of sp³-hybridized carbons (Fsp3) is 0.143. The van der Waals surface area contributed by atoms with Crippen molar-refractivity contribution in [3.63, 3.8) is 0 Å². The van der Waals surface area contributed by atoms with Crippen molar-refractivity contribution < 1.29 is 0 Å². The first-order chi connectivity index (χ1) is 14.3. The zero-order valence-corrected chi connectivity index (χ0v) is 16.4. The third-order valence-corrected chi connectivity index (χ3v) is 4.48. The minimum absolute atomic E-state index is 0.642. The maximum Gasteiger partial charge on any atom is 0.149 e. The number of hydrogen-bond donors (Lipinski definition) is 2. The zero-order chi connectivity index (χ0) is 19.9. The molecule has 0 saturated heterocycles. The number of aryl methyl sites for hydroxylation is 1. The second-order valence-corrected chi connectivity index (χ2v) is 6.90. The second kappa shape index (κ2) is 9.16. The molecule has 0 aliphatic rings. The van der Waals surface area contributed by atoms with Gasteiger partial charge in [-0.1, -0.05) is 17.7 Å². The molecule has 2 N–H and O–H groups in total. The summed E-state index contributed by atoms with van der Waals surface area (Å²) in [5.74, 6) is 0.642. The van der Waals surface area contributed by atoms with Crippen LogP contribution >= 0.6 is 11.6 Å². The van der Waals surface area contributed by atoms with E-state index in [1.807, 2.05) is 49.1 Å². The predicted molar refractivity (Wildman–Crippen MR) is 115 cm³/mol. The standard InChI is InChI=1S/C21H20ClN7/c22-17-3-1-4-18(10-17)27-21-14-25-13-20(28-21)16-9-19(12-24-11-16)26-5-2-7-29-8-6-23-15-29/h1,3-4,6,8-15,26H,2,5,7H2,(H,27,28). The topological polar surface area (TPSA) is 80.5 Å². The Morgan fingerprint density at radius 2 is 1.90 bits per heavy atom. The first kappa shape index (κ1) is 18.9. The summed E-state index contributed by atoms with van der Waals surface area (Å²) in [6, 6.07) is 9.50. The van der Waals surface area contributed by atoms with E-state index in [0.29, 0.717) is 10.8 Å². The number of rotatable bonds is 8. The largest absolute Gasteiger partial charge is 0.384 e. The SMILES string of the molecule is Clc1cccc(Nc2cncc(-c3cncc(NCCCn4ccnc4)c3)n2)c1. The van der Waals surface area contributed by atoms with Crippen molar-refractivity contribution >= 4 is 28.8 Å². The maximum atomic E-state index is 6.04. The molecule has 4 aromatic rings. The van der Waals surface area contributed by atoms with E-state index in [1.165, 1.54) is 0 Å². The highest BCUT2D eigenvalue weighted by molar-refractivity contribution is 6.30. The molecule has 8 heteroatoms. The van der Waals surface area contributed by atoms with Crippen molar-refractivity contribution in [2.45, 2.75) is 13.0 Å². The summed E-state index contributed by atoms with van der Waals surface area (Å²) >= 11 is 6.04. The van der Waals surface area contributed by atoms with E-state index in [0.717, 1.165) is 42.1 Å². The van der Waals surface area contributed by atoms with Crippen LogP contribution in [-0.2, 0) is 6.54 Å². The van der Waals surface area contributed by atoms with Gasteiger partial charge in [-0.25, -0.2) is 9.97 Å². The molecule has 0 bridgehead atoms. The quantitative estimate of drug-likeness (QED) is 0.416. The molecule has 7 nitrogen and oxygen atoms in total. The van der Waals surface area contributed by atoms with E-state index in [-0.39, 0.29) is 0 Å². The maximum absolute atomic E-state index is 6.04. The summed E-state index contributed by atoms with van der Waals surface area (Å²) in [7, 11) is 0. The van der Waals surface area contributed by atoms with Gasteiger partial charge in [0.1, 0.15) is 5.82 Å². The average Bonchev–Trinajstić information content (AvgIpc) is 3.25. The molecule has 0 aliphatic carbocycles. The number of halogens is 1. The summed E-state index contributed by atoms with van der Waals surface area (Å²) in [6.45, 7) is 1.76. The van der Waals surface area contributed by atoms with Crippen molar-refractivity contribution in [3.8, 4) is 11.3 Å². The van der Waals surface area contributed by atoms with E-state index in [9.17, 15) is 0 Å². The molecule has 0 fully saturated rings. The fourth-order valence-electron chi connectivity index (χ4n) is 2.87. The zero-order valence-electron chi connectivity index (χ0n) is 15.7. The molecule has 0 aliphatic heterocycles. The van der Waals surface area contributed by atoms with Gasteiger partial charge in [-0.15, -0.1) is 0 Å². The van der Waals surface area contributed by atoms with Crippen molar-refractivity contribution in [2.75, 3.05) is 17.2 Å². The van der Waals surface area contributed by atoms with Gasteiger partial charge in [0.2, 0.25) is 0 Å². The van der Waals surface area contributed by atoms with Gasteiger partial charge in [-0.2, -0.15) is 0 Å². The first-order valence-electron chi connectivity index (χ1n) is 9.26. The lowest BCUT2D eigenvalue weighted by Crippen LogP contribution is -2.06. The molecule has 4 rings (SSSR count). The van der Waals surface area contributed by atoms with E-state index in [2.05, 4.69) is 35.1 Å². The van der Waals surface area contributed by atoms with Crippen molar-refractivity contribution in [1.82, 2.24) is 24.5 Å². The van der Waals surface area contributed by atoms with Crippen LogP contribution in [0.25, 0.3) is 11.3 Å². The highest BCUT2D eigenvalue weighted by Gasteiger charge is 2.05. The number of nitrogens with one attached hydrogen (secondary N) is 2. The molecule has 3 heterocycles. The Morgan fingerprint density at radius 1 is 0.966 bits per heavy atom. The number of nitrogens with zero attached hydrogens (tertiary/aromatic N) is 5. The van der Waals surface area contributed by atoms with Crippen LogP contribution in [-0.4, -0.2) is 31.0 Å². The lowest BCUT2D eigenvalue weighted by atomic mass is 10.2. The van der Waals surface area contributed by atoms with Crippen molar-refractivity contribution in [3.05, 3.63) is 78.9 Å². The predicted octanol–water partition coefficient (Wildman–Crippen LogP) is 4.63. The van der Waals surface area contributed by atoms with Crippen LogP contribution in [0, 0.1) is 0 Å². The number of pyridine rings is 1. The fourth-order valence-corrected chi connectivity index (χ4v) is 3.06. The highest BCUT2D eigenvalue weighted by Crippen LogP contribution is 2.23. The molecule has 0 spiro atoms. The van der Waals surface area contributed by atoms with Crippen LogP contribution in [0.3, 0.4) is 0 Å². The second-order valence-electron chi connectivity index (χ2n) is 6.47. The lowest BCUT2D eigenvalue weighted by Gasteiger charge is -2.09. The normalized spacial score (nSPS) is 10.7. The lowest BCUT2D eigenvalue weighted by molar-refractivity contribution is 0.660. The monoisotopic (exact) mass is 405 g/mol. The number of anilines is 3. The molecular formula is C21H20ClN7. The summed E-state index contributed by atoms with van der Waals surface area (Å²) in [4.78, 5) is 17.3.